The lowest BCUT2D eigenvalue weighted by Gasteiger charge is -2.29. The first kappa shape index (κ1) is 23.8. The summed E-state index contributed by atoms with van der Waals surface area (Å²) < 4.78 is 12.8. The van der Waals surface area contributed by atoms with Crippen LogP contribution in [-0.2, 0) is 11.2 Å². The van der Waals surface area contributed by atoms with Gasteiger partial charge in [0.15, 0.2) is 0 Å². The van der Waals surface area contributed by atoms with Crippen LogP contribution in [0.4, 0.5) is 0 Å². The molecule has 1 amide bonds. The molecule has 4 rings (SSSR count). The number of carbonyl (C=O) groups excluding carboxylic acids is 1. The van der Waals surface area contributed by atoms with E-state index in [2.05, 4.69) is 11.8 Å². The summed E-state index contributed by atoms with van der Waals surface area (Å²) in [5, 5.41) is 4.90. The van der Waals surface area contributed by atoms with E-state index in [0.29, 0.717) is 5.69 Å². The van der Waals surface area contributed by atoms with Gasteiger partial charge < -0.3 is 19.3 Å². The highest BCUT2D eigenvalue weighted by Crippen LogP contribution is 2.32. The van der Waals surface area contributed by atoms with E-state index in [4.69, 9.17) is 14.6 Å². The third-order valence-electron chi connectivity index (χ3n) is 7.01. The third kappa shape index (κ3) is 5.25. The van der Waals surface area contributed by atoms with Crippen molar-refractivity contribution in [2.75, 3.05) is 46.9 Å². The number of likely N-dealkylation sites (tertiary alicyclic amines) is 1. The highest BCUT2D eigenvalue weighted by Gasteiger charge is 2.34. The van der Waals surface area contributed by atoms with Crippen molar-refractivity contribution in [1.29, 1.82) is 0 Å². The maximum absolute atomic E-state index is 13.6. The smallest absolute Gasteiger partial charge is 0.272 e. The fourth-order valence-electron chi connectivity index (χ4n) is 5.11. The normalized spacial score (nSPS) is 17.8. The zero-order valence-electron chi connectivity index (χ0n) is 20.4. The van der Waals surface area contributed by atoms with Crippen LogP contribution in [0.5, 0.6) is 5.75 Å². The molecule has 0 radical (unpaired) electrons. The zero-order chi connectivity index (χ0) is 23.2. The van der Waals surface area contributed by atoms with Crippen molar-refractivity contribution in [2.45, 2.75) is 58.0 Å². The molecule has 33 heavy (non-hydrogen) atoms. The molecule has 1 aromatic carbocycles. The van der Waals surface area contributed by atoms with E-state index in [1.165, 1.54) is 32.4 Å². The van der Waals surface area contributed by atoms with Gasteiger partial charge in [0.1, 0.15) is 17.5 Å². The van der Waals surface area contributed by atoms with E-state index in [-0.39, 0.29) is 12.0 Å². The molecule has 180 valence electrons. The summed E-state index contributed by atoms with van der Waals surface area (Å²) in [5.74, 6) is 0.861. The van der Waals surface area contributed by atoms with Crippen molar-refractivity contribution >= 4 is 5.91 Å². The fraction of sp³-hybridized carbons (Fsp3) is 0.615. The number of methoxy groups -OCH3 is 2. The first-order valence-corrected chi connectivity index (χ1v) is 12.5. The lowest BCUT2D eigenvalue weighted by atomic mass is 9.99. The van der Waals surface area contributed by atoms with Crippen molar-refractivity contribution in [1.82, 2.24) is 19.6 Å². The first-order valence-electron chi connectivity index (χ1n) is 12.5. The van der Waals surface area contributed by atoms with Gasteiger partial charge in [0.05, 0.1) is 18.5 Å². The van der Waals surface area contributed by atoms with Crippen LogP contribution in [0.2, 0.25) is 0 Å². The number of hydrogen-bond acceptors (Lipinski definition) is 5. The summed E-state index contributed by atoms with van der Waals surface area (Å²) in [6.07, 6.45) is 7.72. The van der Waals surface area contributed by atoms with Gasteiger partial charge in [0, 0.05) is 25.8 Å². The van der Waals surface area contributed by atoms with Gasteiger partial charge >= 0.3 is 0 Å². The van der Waals surface area contributed by atoms with Gasteiger partial charge in [-0.1, -0.05) is 13.3 Å². The topological polar surface area (TPSA) is 59.8 Å². The van der Waals surface area contributed by atoms with Crippen LogP contribution in [0.1, 0.15) is 73.3 Å². The number of fused-ring (bicyclic) bond motifs is 1. The number of rotatable bonds is 10. The van der Waals surface area contributed by atoms with Crippen LogP contribution in [-0.4, -0.2) is 72.4 Å². The minimum atomic E-state index is -0.109. The lowest BCUT2D eigenvalue weighted by Crippen LogP contribution is -2.39. The van der Waals surface area contributed by atoms with Gasteiger partial charge in [0.25, 0.3) is 5.91 Å². The SMILES string of the molecule is CCC(OC)c1nn(-c2ccc(OC)cc2)c2c1CCN(CCCCN1CCCCC1)C2=O. The molecule has 0 aliphatic carbocycles. The van der Waals surface area contributed by atoms with Gasteiger partial charge in [-0.05, 0) is 82.4 Å². The molecule has 3 heterocycles. The van der Waals surface area contributed by atoms with Crippen LogP contribution in [0.15, 0.2) is 24.3 Å². The van der Waals surface area contributed by atoms with Crippen LogP contribution in [0, 0.1) is 0 Å². The Morgan fingerprint density at radius 2 is 1.73 bits per heavy atom. The molecule has 1 atom stereocenters. The largest absolute Gasteiger partial charge is 0.497 e. The van der Waals surface area contributed by atoms with Gasteiger partial charge in [-0.25, -0.2) is 4.68 Å². The average molecular weight is 455 g/mol. The molecule has 2 aliphatic heterocycles. The molecule has 0 bridgehead atoms. The Bertz CT molecular complexity index is 914. The molecule has 2 aliphatic rings. The van der Waals surface area contributed by atoms with E-state index in [9.17, 15) is 4.79 Å². The van der Waals surface area contributed by atoms with Gasteiger partial charge in [-0.15, -0.1) is 0 Å². The Kier molecular flexibility index (Phi) is 8.04. The number of benzene rings is 1. The Hall–Kier alpha value is -2.38. The Labute approximate surface area is 197 Å². The van der Waals surface area contributed by atoms with Gasteiger partial charge in [0.2, 0.25) is 0 Å². The van der Waals surface area contributed by atoms with E-state index in [1.807, 2.05) is 33.8 Å². The molecule has 2 aromatic rings. The van der Waals surface area contributed by atoms with Crippen molar-refractivity contribution in [3.63, 3.8) is 0 Å². The molecule has 0 spiro atoms. The summed E-state index contributed by atoms with van der Waals surface area (Å²) in [5.41, 5.74) is 3.48. The Morgan fingerprint density at radius 1 is 1.00 bits per heavy atom. The number of aromatic nitrogens is 2. The van der Waals surface area contributed by atoms with E-state index >= 15 is 0 Å². The summed E-state index contributed by atoms with van der Waals surface area (Å²) in [6.45, 7) is 7.25. The molecular weight excluding hydrogens is 416 g/mol. The van der Waals surface area contributed by atoms with E-state index in [0.717, 1.165) is 68.0 Å². The van der Waals surface area contributed by atoms with Crippen LogP contribution >= 0.6 is 0 Å². The van der Waals surface area contributed by atoms with Gasteiger partial charge in [-0.2, -0.15) is 5.10 Å². The number of ether oxygens (including phenoxy) is 2. The van der Waals surface area contributed by atoms with Gasteiger partial charge in [-0.3, -0.25) is 4.79 Å². The molecule has 7 heteroatoms. The number of carbonyl (C=O) groups is 1. The third-order valence-corrected chi connectivity index (χ3v) is 7.01. The molecule has 0 N–H and O–H groups in total. The van der Waals surface area contributed by atoms with Crippen LogP contribution in [0.25, 0.3) is 5.69 Å². The van der Waals surface area contributed by atoms with Crippen LogP contribution in [0.3, 0.4) is 0 Å². The second-order valence-electron chi connectivity index (χ2n) is 9.11. The summed E-state index contributed by atoms with van der Waals surface area (Å²) >= 11 is 0. The number of unbranched alkanes of at least 4 members (excludes halogenated alkanes) is 1. The summed E-state index contributed by atoms with van der Waals surface area (Å²) in [4.78, 5) is 18.2. The maximum Gasteiger partial charge on any atom is 0.272 e. The van der Waals surface area contributed by atoms with Crippen LogP contribution < -0.4 is 4.74 Å². The number of amides is 1. The fourth-order valence-corrected chi connectivity index (χ4v) is 5.11. The van der Waals surface area contributed by atoms with E-state index < -0.39 is 0 Å². The first-order chi connectivity index (χ1) is 16.2. The van der Waals surface area contributed by atoms with Crippen molar-refractivity contribution in [2.24, 2.45) is 0 Å². The lowest BCUT2D eigenvalue weighted by molar-refractivity contribution is 0.0722. The summed E-state index contributed by atoms with van der Waals surface area (Å²) in [6, 6.07) is 7.72. The molecule has 1 unspecified atom stereocenters. The second-order valence-corrected chi connectivity index (χ2v) is 9.11. The predicted octanol–water partition coefficient (Wildman–Crippen LogP) is 4.24. The minimum absolute atomic E-state index is 0.0785. The van der Waals surface area contributed by atoms with Crippen molar-refractivity contribution in [3.8, 4) is 11.4 Å². The second kappa shape index (κ2) is 11.2. The monoisotopic (exact) mass is 454 g/mol. The highest BCUT2D eigenvalue weighted by molar-refractivity contribution is 5.96. The molecular formula is C26H38N4O3. The molecule has 1 saturated heterocycles. The molecule has 1 fully saturated rings. The number of piperidine rings is 1. The molecule has 0 saturated carbocycles. The average Bonchev–Trinajstić information content (AvgIpc) is 3.25. The highest BCUT2D eigenvalue weighted by atomic mass is 16.5. The molecule has 7 nitrogen and oxygen atoms in total. The maximum atomic E-state index is 13.6. The Balaban J connectivity index is 1.52. The van der Waals surface area contributed by atoms with E-state index in [1.54, 1.807) is 14.2 Å². The standard InChI is InChI=1S/C26H38N4O3/c1-4-23(33-3)24-22-14-19-29(18-9-8-17-28-15-6-5-7-16-28)26(31)25(22)30(27-24)20-10-12-21(32-2)13-11-20/h10-13,23H,4-9,14-19H2,1-3H3. The molecule has 1 aromatic heterocycles. The number of hydrogen-bond donors (Lipinski definition) is 0. The zero-order valence-corrected chi connectivity index (χ0v) is 20.4. The summed E-state index contributed by atoms with van der Waals surface area (Å²) in [7, 11) is 3.37. The van der Waals surface area contributed by atoms with Crippen molar-refractivity contribution in [3.05, 3.63) is 41.2 Å². The quantitative estimate of drug-likeness (QED) is 0.503. The Morgan fingerprint density at radius 3 is 2.39 bits per heavy atom. The van der Waals surface area contributed by atoms with Crippen molar-refractivity contribution < 1.29 is 14.3 Å². The minimum Gasteiger partial charge on any atom is -0.497 e. The predicted molar refractivity (Wildman–Crippen MR) is 129 cm³/mol. The number of nitrogens with zero attached hydrogens (tertiary/aromatic N) is 4.